The van der Waals surface area contributed by atoms with Crippen molar-refractivity contribution in [2.75, 3.05) is 7.11 Å². The first-order chi connectivity index (χ1) is 8.74. The lowest BCUT2D eigenvalue weighted by atomic mass is 10.4. The van der Waals surface area contributed by atoms with Crippen LogP contribution in [0.15, 0.2) is 34.1 Å². The number of hydrogen-bond donors (Lipinski definition) is 0. The lowest BCUT2D eigenvalue weighted by Crippen LogP contribution is -1.98. The Morgan fingerprint density at radius 1 is 1.56 bits per heavy atom. The van der Waals surface area contributed by atoms with Crippen molar-refractivity contribution in [1.29, 1.82) is 0 Å². The molecule has 0 bridgehead atoms. The number of rotatable bonds is 5. The molecule has 2 rings (SSSR count). The van der Waals surface area contributed by atoms with Gasteiger partial charge in [-0.15, -0.1) is 0 Å². The minimum Gasteiger partial charge on any atom is -0.463 e. The van der Waals surface area contributed by atoms with E-state index in [0.717, 1.165) is 17.5 Å². The smallest absolute Gasteiger partial charge is 0.373 e. The summed E-state index contributed by atoms with van der Waals surface area (Å²) in [5.74, 6) is 1.13. The Balaban J connectivity index is 1.98. The van der Waals surface area contributed by atoms with Crippen molar-refractivity contribution >= 4 is 17.7 Å². The Labute approximate surface area is 109 Å². The summed E-state index contributed by atoms with van der Waals surface area (Å²) >= 11 is 1.57. The molecule has 0 aliphatic heterocycles. The number of esters is 1. The maximum Gasteiger partial charge on any atom is 0.373 e. The molecule has 0 spiro atoms. The number of furan rings is 1. The molecule has 0 saturated carbocycles. The number of methoxy groups -OCH3 is 1. The van der Waals surface area contributed by atoms with Crippen molar-refractivity contribution in [1.82, 2.24) is 9.55 Å². The molecule has 0 unspecified atom stereocenters. The zero-order chi connectivity index (χ0) is 13.0. The number of thioether (sulfide) groups is 1. The number of hydrogen-bond acceptors (Lipinski definition) is 5. The molecule has 0 fully saturated rings. The van der Waals surface area contributed by atoms with Crippen LogP contribution in [0.5, 0.6) is 0 Å². The van der Waals surface area contributed by atoms with Crippen molar-refractivity contribution in [3.63, 3.8) is 0 Å². The third kappa shape index (κ3) is 2.76. The van der Waals surface area contributed by atoms with Gasteiger partial charge in [0.15, 0.2) is 5.16 Å². The Bertz CT molecular complexity index is 533. The molecule has 18 heavy (non-hydrogen) atoms. The van der Waals surface area contributed by atoms with Crippen LogP contribution < -0.4 is 0 Å². The van der Waals surface area contributed by atoms with Crippen LogP contribution in [0.1, 0.15) is 23.2 Å². The van der Waals surface area contributed by atoms with E-state index >= 15 is 0 Å². The van der Waals surface area contributed by atoms with E-state index < -0.39 is 5.97 Å². The molecule has 2 aromatic rings. The van der Waals surface area contributed by atoms with Gasteiger partial charge in [-0.3, -0.25) is 0 Å². The SMILES string of the molecule is CCn1ccnc1SCc1ccc(C(=O)OC)o1. The molecule has 96 valence electrons. The van der Waals surface area contributed by atoms with Gasteiger partial charge in [0.1, 0.15) is 5.76 Å². The summed E-state index contributed by atoms with van der Waals surface area (Å²) in [6.07, 6.45) is 3.71. The van der Waals surface area contributed by atoms with E-state index in [1.807, 2.05) is 6.20 Å². The Hall–Kier alpha value is -1.69. The highest BCUT2D eigenvalue weighted by atomic mass is 32.2. The highest BCUT2D eigenvalue weighted by Gasteiger charge is 2.11. The summed E-state index contributed by atoms with van der Waals surface area (Å²) in [6, 6.07) is 3.40. The predicted octanol–water partition coefficient (Wildman–Crippen LogP) is 2.57. The van der Waals surface area contributed by atoms with Crippen molar-refractivity contribution < 1.29 is 13.9 Å². The van der Waals surface area contributed by atoms with Gasteiger partial charge >= 0.3 is 5.97 Å². The van der Waals surface area contributed by atoms with E-state index in [0.29, 0.717) is 5.75 Å². The van der Waals surface area contributed by atoms with Crippen LogP contribution in [-0.4, -0.2) is 22.6 Å². The van der Waals surface area contributed by atoms with Gasteiger partial charge in [0, 0.05) is 18.9 Å². The van der Waals surface area contributed by atoms with Crippen molar-refractivity contribution in [3.8, 4) is 0 Å². The molecular weight excluding hydrogens is 252 g/mol. The predicted molar refractivity (Wildman–Crippen MR) is 67.5 cm³/mol. The highest BCUT2D eigenvalue weighted by molar-refractivity contribution is 7.98. The lowest BCUT2D eigenvalue weighted by molar-refractivity contribution is 0.0563. The number of aromatic nitrogens is 2. The minimum absolute atomic E-state index is 0.229. The van der Waals surface area contributed by atoms with Crippen LogP contribution in [-0.2, 0) is 17.0 Å². The first kappa shape index (κ1) is 12.8. The van der Waals surface area contributed by atoms with Gasteiger partial charge in [0.05, 0.1) is 12.9 Å². The minimum atomic E-state index is -0.457. The summed E-state index contributed by atoms with van der Waals surface area (Å²) in [5.41, 5.74) is 0. The molecule has 0 atom stereocenters. The molecule has 6 heteroatoms. The van der Waals surface area contributed by atoms with Crippen LogP contribution in [0.25, 0.3) is 0 Å². The van der Waals surface area contributed by atoms with Crippen LogP contribution >= 0.6 is 11.8 Å². The van der Waals surface area contributed by atoms with Gasteiger partial charge in [-0.2, -0.15) is 0 Å². The Morgan fingerprint density at radius 3 is 3.11 bits per heavy atom. The molecule has 5 nitrogen and oxygen atoms in total. The number of imidazole rings is 1. The number of carbonyl (C=O) groups excluding carboxylic acids is 1. The van der Waals surface area contributed by atoms with E-state index in [1.165, 1.54) is 7.11 Å². The average Bonchev–Trinajstić information content (AvgIpc) is 3.03. The molecule has 2 aromatic heterocycles. The molecule has 0 N–H and O–H groups in total. The molecule has 0 aliphatic rings. The molecule has 0 aromatic carbocycles. The number of carbonyl (C=O) groups is 1. The zero-order valence-corrected chi connectivity index (χ0v) is 11.1. The Kier molecular flexibility index (Phi) is 4.09. The second kappa shape index (κ2) is 5.77. The monoisotopic (exact) mass is 266 g/mol. The second-order valence-electron chi connectivity index (χ2n) is 3.54. The fourth-order valence-electron chi connectivity index (χ4n) is 1.48. The molecule has 0 amide bonds. The van der Waals surface area contributed by atoms with Gasteiger partial charge in [0.2, 0.25) is 5.76 Å². The fourth-order valence-corrected chi connectivity index (χ4v) is 2.40. The van der Waals surface area contributed by atoms with Crippen molar-refractivity contribution in [2.24, 2.45) is 0 Å². The lowest BCUT2D eigenvalue weighted by Gasteiger charge is -2.02. The topological polar surface area (TPSA) is 57.3 Å². The maximum atomic E-state index is 11.2. The first-order valence-corrected chi connectivity index (χ1v) is 6.54. The molecule has 0 aliphatic carbocycles. The van der Waals surface area contributed by atoms with Crippen LogP contribution in [0.4, 0.5) is 0 Å². The van der Waals surface area contributed by atoms with Gasteiger partial charge < -0.3 is 13.7 Å². The number of ether oxygens (including phenoxy) is 1. The zero-order valence-electron chi connectivity index (χ0n) is 10.3. The summed E-state index contributed by atoms with van der Waals surface area (Å²) in [6.45, 7) is 2.95. The van der Waals surface area contributed by atoms with E-state index in [1.54, 1.807) is 30.1 Å². The van der Waals surface area contributed by atoms with Gasteiger partial charge in [-0.1, -0.05) is 11.8 Å². The van der Waals surface area contributed by atoms with E-state index in [-0.39, 0.29) is 5.76 Å². The van der Waals surface area contributed by atoms with Crippen LogP contribution in [0, 0.1) is 0 Å². The Morgan fingerprint density at radius 2 is 2.39 bits per heavy atom. The number of aryl methyl sites for hydroxylation is 1. The normalized spacial score (nSPS) is 10.6. The molecule has 2 heterocycles. The maximum absolute atomic E-state index is 11.2. The average molecular weight is 266 g/mol. The standard InChI is InChI=1S/C12H14N2O3S/c1-3-14-7-6-13-12(14)18-8-9-4-5-10(17-9)11(15)16-2/h4-7H,3,8H2,1-2H3. The quantitative estimate of drug-likeness (QED) is 0.615. The summed E-state index contributed by atoms with van der Waals surface area (Å²) in [7, 11) is 1.33. The van der Waals surface area contributed by atoms with Crippen molar-refractivity contribution in [3.05, 3.63) is 36.0 Å². The number of nitrogens with zero attached hydrogens (tertiary/aromatic N) is 2. The van der Waals surface area contributed by atoms with Crippen molar-refractivity contribution in [2.45, 2.75) is 24.4 Å². The molecular formula is C12H14N2O3S. The van der Waals surface area contributed by atoms with Gasteiger partial charge in [0.25, 0.3) is 0 Å². The second-order valence-corrected chi connectivity index (χ2v) is 4.48. The molecule has 0 saturated heterocycles. The highest BCUT2D eigenvalue weighted by Crippen LogP contribution is 2.22. The fraction of sp³-hybridized carbons (Fsp3) is 0.333. The third-order valence-electron chi connectivity index (χ3n) is 2.41. The van der Waals surface area contributed by atoms with E-state index in [2.05, 4.69) is 21.2 Å². The van der Waals surface area contributed by atoms with Gasteiger partial charge in [-0.05, 0) is 19.1 Å². The largest absolute Gasteiger partial charge is 0.463 e. The summed E-state index contributed by atoms with van der Waals surface area (Å²) in [5, 5.41) is 0.938. The van der Waals surface area contributed by atoms with Crippen LogP contribution in [0.3, 0.4) is 0 Å². The van der Waals surface area contributed by atoms with Crippen LogP contribution in [0.2, 0.25) is 0 Å². The summed E-state index contributed by atoms with van der Waals surface area (Å²) < 4.78 is 12.0. The van der Waals surface area contributed by atoms with E-state index in [9.17, 15) is 4.79 Å². The van der Waals surface area contributed by atoms with E-state index in [4.69, 9.17) is 4.42 Å². The van der Waals surface area contributed by atoms with Gasteiger partial charge in [-0.25, -0.2) is 9.78 Å². The third-order valence-corrected chi connectivity index (χ3v) is 3.44. The molecule has 0 radical (unpaired) electrons. The first-order valence-electron chi connectivity index (χ1n) is 5.55. The summed E-state index contributed by atoms with van der Waals surface area (Å²) in [4.78, 5) is 15.5.